The van der Waals surface area contributed by atoms with Crippen LogP contribution in [-0.2, 0) is 4.74 Å². The molecule has 24 heavy (non-hydrogen) atoms. The van der Waals surface area contributed by atoms with Gasteiger partial charge >= 0.3 is 5.97 Å². The lowest BCUT2D eigenvalue weighted by atomic mass is 10.0. The van der Waals surface area contributed by atoms with Gasteiger partial charge in [-0.2, -0.15) is 0 Å². The van der Waals surface area contributed by atoms with Crippen LogP contribution in [0.1, 0.15) is 15.2 Å². The first-order valence-corrected chi connectivity index (χ1v) is 7.97. The number of nitrogen functional groups attached to an aromatic ring is 1. The van der Waals surface area contributed by atoms with Crippen LogP contribution in [0.4, 0.5) is 5.69 Å². The molecule has 0 fully saturated rings. The largest absolute Gasteiger partial charge is 0.497 e. The van der Waals surface area contributed by atoms with Gasteiger partial charge < -0.3 is 20.2 Å². The van der Waals surface area contributed by atoms with E-state index in [0.717, 1.165) is 16.0 Å². The number of nitrogens with two attached hydrogens (primary N) is 1. The molecule has 0 radical (unpaired) electrons. The smallest absolute Gasteiger partial charge is 0.345 e. The van der Waals surface area contributed by atoms with E-state index in [1.165, 1.54) is 18.4 Å². The zero-order valence-corrected chi connectivity index (χ0v) is 14.2. The van der Waals surface area contributed by atoms with Crippen molar-refractivity contribution in [3.05, 3.63) is 45.1 Å². The quantitative estimate of drug-likeness (QED) is 0.712. The van der Waals surface area contributed by atoms with Gasteiger partial charge in [0.25, 0.3) is 5.56 Å². The van der Waals surface area contributed by atoms with E-state index in [-0.39, 0.29) is 11.3 Å². The third kappa shape index (κ3) is 2.43. The predicted octanol–water partition coefficient (Wildman–Crippen LogP) is 2.94. The summed E-state index contributed by atoms with van der Waals surface area (Å²) < 4.78 is 9.95. The van der Waals surface area contributed by atoms with Gasteiger partial charge in [-0.15, -0.1) is 11.3 Å². The monoisotopic (exact) mass is 344 g/mol. The van der Waals surface area contributed by atoms with E-state index < -0.39 is 11.5 Å². The Morgan fingerprint density at radius 1 is 1.29 bits per heavy atom. The van der Waals surface area contributed by atoms with Crippen LogP contribution in [0.3, 0.4) is 0 Å². The fourth-order valence-corrected chi connectivity index (χ4v) is 3.82. The van der Waals surface area contributed by atoms with E-state index in [4.69, 9.17) is 10.5 Å². The maximum atomic E-state index is 12.2. The van der Waals surface area contributed by atoms with Crippen molar-refractivity contribution in [3.8, 4) is 16.9 Å². The number of esters is 1. The van der Waals surface area contributed by atoms with E-state index in [9.17, 15) is 9.59 Å². The number of fused-ring (bicyclic) bond motifs is 1. The summed E-state index contributed by atoms with van der Waals surface area (Å²) in [4.78, 5) is 28.4. The number of H-pyrrole nitrogens is 1. The molecule has 0 aliphatic rings. The number of hydrogen-bond donors (Lipinski definition) is 2. The van der Waals surface area contributed by atoms with Crippen LogP contribution in [0.15, 0.2) is 29.1 Å². The Balaban J connectivity index is 2.38. The summed E-state index contributed by atoms with van der Waals surface area (Å²) in [6.07, 6.45) is 0. The Kier molecular flexibility index (Phi) is 4.02. The lowest BCUT2D eigenvalue weighted by molar-refractivity contribution is 0.0600. The summed E-state index contributed by atoms with van der Waals surface area (Å²) in [7, 11) is 2.81. The van der Waals surface area contributed by atoms with Crippen molar-refractivity contribution in [1.29, 1.82) is 0 Å². The van der Waals surface area contributed by atoms with Gasteiger partial charge in [0.05, 0.1) is 19.9 Å². The average Bonchev–Trinajstić information content (AvgIpc) is 2.90. The Morgan fingerprint density at radius 2 is 2.04 bits per heavy atom. The number of anilines is 1. The van der Waals surface area contributed by atoms with Crippen LogP contribution in [-0.4, -0.2) is 25.2 Å². The molecule has 0 saturated carbocycles. The van der Waals surface area contributed by atoms with Gasteiger partial charge in [-0.1, -0.05) is 12.1 Å². The van der Waals surface area contributed by atoms with Crippen LogP contribution < -0.4 is 16.0 Å². The first-order valence-electron chi connectivity index (χ1n) is 7.15. The molecule has 2 aromatic heterocycles. The molecule has 0 atom stereocenters. The molecule has 0 bridgehead atoms. The number of pyridine rings is 1. The minimum Gasteiger partial charge on any atom is -0.497 e. The normalized spacial score (nSPS) is 10.8. The second kappa shape index (κ2) is 6.01. The standard InChI is InChI=1S/C17H16N2O4S/c1-8-11(9-5-4-6-10(7-9)22-2)12-14(18)13(17(21)23-3)15(20)19-16(12)24-8/h4-7H,1-3H3,(H3,18,19,20). The zero-order valence-electron chi connectivity index (χ0n) is 13.4. The van der Waals surface area contributed by atoms with Crippen molar-refractivity contribution in [2.24, 2.45) is 0 Å². The van der Waals surface area contributed by atoms with Gasteiger partial charge in [-0.25, -0.2) is 4.79 Å². The summed E-state index contributed by atoms with van der Waals surface area (Å²) in [5.41, 5.74) is 7.34. The van der Waals surface area contributed by atoms with Crippen LogP contribution >= 0.6 is 11.3 Å². The molecule has 2 heterocycles. The Bertz CT molecular complexity index is 1000. The lowest BCUT2D eigenvalue weighted by Crippen LogP contribution is -2.21. The van der Waals surface area contributed by atoms with Gasteiger partial charge in [-0.3, -0.25) is 4.79 Å². The fraction of sp³-hybridized carbons (Fsp3) is 0.176. The molecule has 1 aromatic carbocycles. The topological polar surface area (TPSA) is 94.4 Å². The highest BCUT2D eigenvalue weighted by molar-refractivity contribution is 7.19. The van der Waals surface area contributed by atoms with Crippen molar-refractivity contribution in [1.82, 2.24) is 4.98 Å². The van der Waals surface area contributed by atoms with Crippen molar-refractivity contribution in [3.63, 3.8) is 0 Å². The van der Waals surface area contributed by atoms with E-state index in [1.807, 2.05) is 31.2 Å². The Labute approximate surface area is 141 Å². The van der Waals surface area contributed by atoms with E-state index in [0.29, 0.717) is 16.0 Å². The third-order valence-electron chi connectivity index (χ3n) is 3.83. The highest BCUT2D eigenvalue weighted by Crippen LogP contribution is 2.41. The third-order valence-corrected chi connectivity index (χ3v) is 4.85. The summed E-state index contributed by atoms with van der Waals surface area (Å²) >= 11 is 1.41. The molecule has 0 aliphatic carbocycles. The Morgan fingerprint density at radius 3 is 2.71 bits per heavy atom. The number of nitrogens with one attached hydrogen (secondary N) is 1. The van der Waals surface area contributed by atoms with Crippen molar-refractivity contribution in [2.75, 3.05) is 20.0 Å². The molecule has 3 rings (SSSR count). The molecular formula is C17H16N2O4S. The molecule has 0 spiro atoms. The average molecular weight is 344 g/mol. The molecule has 0 unspecified atom stereocenters. The second-order valence-electron chi connectivity index (χ2n) is 5.20. The van der Waals surface area contributed by atoms with Gasteiger partial charge in [0.1, 0.15) is 16.1 Å². The maximum Gasteiger partial charge on any atom is 0.345 e. The summed E-state index contributed by atoms with van der Waals surface area (Å²) in [5.74, 6) is -0.0430. The number of benzene rings is 1. The number of hydrogen-bond acceptors (Lipinski definition) is 6. The fourth-order valence-electron chi connectivity index (χ4n) is 2.73. The van der Waals surface area contributed by atoms with Crippen molar-refractivity contribution < 1.29 is 14.3 Å². The number of aryl methyl sites for hydroxylation is 1. The summed E-state index contributed by atoms with van der Waals surface area (Å²) in [6.45, 7) is 1.94. The first kappa shape index (κ1) is 16.1. The molecule has 3 N–H and O–H groups in total. The van der Waals surface area contributed by atoms with Crippen LogP contribution in [0.25, 0.3) is 21.3 Å². The van der Waals surface area contributed by atoms with Gasteiger partial charge in [0.15, 0.2) is 0 Å². The zero-order chi connectivity index (χ0) is 17.4. The molecule has 0 saturated heterocycles. The van der Waals surface area contributed by atoms with Crippen LogP contribution in [0.2, 0.25) is 0 Å². The van der Waals surface area contributed by atoms with E-state index >= 15 is 0 Å². The molecule has 0 aliphatic heterocycles. The highest BCUT2D eigenvalue weighted by atomic mass is 32.1. The van der Waals surface area contributed by atoms with Gasteiger partial charge in [0, 0.05) is 15.8 Å². The SMILES string of the molecule is COC(=O)c1c(N)c2c(-c3cccc(OC)c3)c(C)sc2[nH]c1=O. The number of carbonyl (C=O) groups is 1. The maximum absolute atomic E-state index is 12.2. The highest BCUT2D eigenvalue weighted by Gasteiger charge is 2.23. The van der Waals surface area contributed by atoms with Gasteiger partial charge in [0.2, 0.25) is 0 Å². The number of carbonyl (C=O) groups excluding carboxylic acids is 1. The number of thiophene rings is 1. The van der Waals surface area contributed by atoms with Crippen molar-refractivity contribution >= 4 is 33.2 Å². The number of aromatic amines is 1. The predicted molar refractivity (Wildman–Crippen MR) is 94.9 cm³/mol. The molecule has 6 nitrogen and oxygen atoms in total. The number of aromatic nitrogens is 1. The minimum atomic E-state index is -0.754. The molecule has 7 heteroatoms. The van der Waals surface area contributed by atoms with E-state index in [1.54, 1.807) is 7.11 Å². The molecule has 3 aromatic rings. The number of methoxy groups -OCH3 is 2. The van der Waals surface area contributed by atoms with Crippen LogP contribution in [0.5, 0.6) is 5.75 Å². The summed E-state index contributed by atoms with van der Waals surface area (Å²) in [5, 5.41) is 0.644. The van der Waals surface area contributed by atoms with Crippen molar-refractivity contribution in [2.45, 2.75) is 6.92 Å². The molecule has 0 amide bonds. The van der Waals surface area contributed by atoms with Crippen LogP contribution in [0, 0.1) is 6.92 Å². The number of ether oxygens (including phenoxy) is 2. The lowest BCUT2D eigenvalue weighted by Gasteiger charge is -2.08. The second-order valence-corrected chi connectivity index (χ2v) is 6.43. The minimum absolute atomic E-state index is 0.128. The molecular weight excluding hydrogens is 328 g/mol. The van der Waals surface area contributed by atoms with E-state index in [2.05, 4.69) is 9.72 Å². The van der Waals surface area contributed by atoms with Gasteiger partial charge in [-0.05, 0) is 24.6 Å². The Hall–Kier alpha value is -2.80. The number of rotatable bonds is 3. The summed E-state index contributed by atoms with van der Waals surface area (Å²) in [6, 6.07) is 7.54. The molecule has 124 valence electrons. The first-order chi connectivity index (χ1) is 11.5.